The van der Waals surface area contributed by atoms with Gasteiger partial charge >= 0.3 is 5.97 Å². The molecular weight excluding hydrogens is 288 g/mol. The Bertz CT molecular complexity index is 695. The van der Waals surface area contributed by atoms with E-state index in [1.165, 1.54) is 11.6 Å². The largest absolute Gasteiger partial charge is 0.481 e. The maximum atomic E-state index is 11.4. The van der Waals surface area contributed by atoms with Gasteiger partial charge in [-0.2, -0.15) is 4.98 Å². The lowest BCUT2D eigenvalue weighted by atomic mass is 10.1. The van der Waals surface area contributed by atoms with Gasteiger partial charge in [0, 0.05) is 12.3 Å². The van der Waals surface area contributed by atoms with E-state index in [4.69, 9.17) is 5.11 Å². The third-order valence-corrected chi connectivity index (χ3v) is 4.06. The Hall–Kier alpha value is -2.08. The molecule has 0 amide bonds. The van der Waals surface area contributed by atoms with Crippen molar-refractivity contribution in [3.8, 4) is 0 Å². The van der Waals surface area contributed by atoms with Crippen molar-refractivity contribution in [2.24, 2.45) is 0 Å². The van der Waals surface area contributed by atoms with Crippen LogP contribution in [-0.4, -0.2) is 26.4 Å². The van der Waals surface area contributed by atoms with Gasteiger partial charge in [0.1, 0.15) is 0 Å². The van der Waals surface area contributed by atoms with E-state index < -0.39 is 5.97 Å². The normalized spacial score (nSPS) is 12.1. The molecule has 110 valence electrons. The van der Waals surface area contributed by atoms with E-state index in [1.54, 1.807) is 6.20 Å². The first kappa shape index (κ1) is 15.3. The lowest BCUT2D eigenvalue weighted by molar-refractivity contribution is -0.133. The molecule has 0 saturated heterocycles. The van der Waals surface area contributed by atoms with Gasteiger partial charge < -0.3 is 9.67 Å². The lowest BCUT2D eigenvalue weighted by Gasteiger charge is -2.19. The summed E-state index contributed by atoms with van der Waals surface area (Å²) in [5.74, 6) is -1.07. The molecule has 21 heavy (non-hydrogen) atoms. The first-order chi connectivity index (χ1) is 9.97. The number of aryl methyl sites for hydroxylation is 1. The highest BCUT2D eigenvalue weighted by molar-refractivity contribution is 7.99. The van der Waals surface area contributed by atoms with Gasteiger partial charge in [0.05, 0.1) is 11.8 Å². The summed E-state index contributed by atoms with van der Waals surface area (Å²) in [6.45, 7) is 4.01. The number of benzene rings is 1. The first-order valence-electron chi connectivity index (χ1n) is 6.47. The Balaban J connectivity index is 2.35. The van der Waals surface area contributed by atoms with Gasteiger partial charge in [-0.25, -0.2) is 0 Å². The number of aliphatic carboxylic acids is 1. The van der Waals surface area contributed by atoms with Gasteiger partial charge in [0.15, 0.2) is 5.16 Å². The maximum absolute atomic E-state index is 11.4. The minimum absolute atomic E-state index is 0.0324. The maximum Gasteiger partial charge on any atom is 0.313 e. The zero-order chi connectivity index (χ0) is 15.4. The lowest BCUT2D eigenvalue weighted by Crippen LogP contribution is -2.17. The van der Waals surface area contributed by atoms with Crippen LogP contribution in [0, 0.1) is 6.92 Å². The fraction of sp³-hybridized carbons (Fsp3) is 0.267. The van der Waals surface area contributed by atoms with Crippen molar-refractivity contribution in [1.82, 2.24) is 9.55 Å². The van der Waals surface area contributed by atoms with Crippen LogP contribution in [-0.2, 0) is 4.79 Å². The van der Waals surface area contributed by atoms with Gasteiger partial charge in [-0.1, -0.05) is 41.6 Å². The summed E-state index contributed by atoms with van der Waals surface area (Å²) in [5.41, 5.74) is 1.88. The van der Waals surface area contributed by atoms with E-state index >= 15 is 0 Å². The molecule has 1 atom stereocenters. The van der Waals surface area contributed by atoms with Crippen LogP contribution >= 0.6 is 11.8 Å². The van der Waals surface area contributed by atoms with Crippen LogP contribution < -0.4 is 5.56 Å². The molecule has 0 aliphatic carbocycles. The molecule has 0 bridgehead atoms. The van der Waals surface area contributed by atoms with Crippen molar-refractivity contribution < 1.29 is 9.90 Å². The summed E-state index contributed by atoms with van der Waals surface area (Å²) in [6.07, 6.45) is 1.66. The highest BCUT2D eigenvalue weighted by Gasteiger charge is 2.13. The number of thioether (sulfide) groups is 1. The quantitative estimate of drug-likeness (QED) is 0.678. The van der Waals surface area contributed by atoms with Gasteiger partial charge in [0.2, 0.25) is 0 Å². The van der Waals surface area contributed by atoms with E-state index in [9.17, 15) is 9.59 Å². The molecule has 2 rings (SSSR count). The van der Waals surface area contributed by atoms with Crippen LogP contribution in [0.1, 0.15) is 24.1 Å². The van der Waals surface area contributed by atoms with Crippen LogP contribution in [0.3, 0.4) is 0 Å². The molecule has 0 saturated carbocycles. The van der Waals surface area contributed by atoms with Gasteiger partial charge in [-0.15, -0.1) is 0 Å². The second kappa shape index (κ2) is 6.58. The van der Waals surface area contributed by atoms with Gasteiger partial charge in [0.25, 0.3) is 5.56 Å². The van der Waals surface area contributed by atoms with Crippen molar-refractivity contribution >= 4 is 17.7 Å². The first-order valence-corrected chi connectivity index (χ1v) is 7.46. The summed E-state index contributed by atoms with van der Waals surface area (Å²) in [4.78, 5) is 26.0. The van der Waals surface area contributed by atoms with E-state index in [2.05, 4.69) is 4.98 Å². The fourth-order valence-corrected chi connectivity index (χ4v) is 2.71. The number of rotatable bonds is 5. The number of nitrogens with zero attached hydrogens (tertiary/aromatic N) is 2. The molecule has 0 aliphatic rings. The van der Waals surface area contributed by atoms with Crippen LogP contribution in [0.25, 0.3) is 0 Å². The molecule has 0 aliphatic heterocycles. The number of hydrogen-bond donors (Lipinski definition) is 1. The average molecular weight is 304 g/mol. The smallest absolute Gasteiger partial charge is 0.313 e. The standard InChI is InChI=1S/C15H16N2O3S/c1-10-3-5-12(6-4-10)11(2)17-8-7-13(18)16-15(17)21-9-14(19)20/h3-8,11H,9H2,1-2H3,(H,19,20). The average Bonchev–Trinajstić information content (AvgIpc) is 2.45. The molecular formula is C15H16N2O3S. The Labute approximate surface area is 126 Å². The number of carboxylic acids is 1. The molecule has 1 heterocycles. The van der Waals surface area contributed by atoms with Crippen LogP contribution in [0.2, 0.25) is 0 Å². The number of aromatic nitrogens is 2. The van der Waals surface area contributed by atoms with Crippen molar-refractivity contribution in [1.29, 1.82) is 0 Å². The summed E-state index contributed by atoms with van der Waals surface area (Å²) >= 11 is 1.05. The number of carboxylic acid groups (broad SMARTS) is 1. The summed E-state index contributed by atoms with van der Waals surface area (Å²) in [7, 11) is 0. The molecule has 1 unspecified atom stereocenters. The minimum atomic E-state index is -0.937. The zero-order valence-corrected chi connectivity index (χ0v) is 12.6. The van der Waals surface area contributed by atoms with E-state index in [1.807, 2.05) is 42.7 Å². The van der Waals surface area contributed by atoms with E-state index in [0.717, 1.165) is 17.3 Å². The Morgan fingerprint density at radius 3 is 2.62 bits per heavy atom. The molecule has 1 aromatic carbocycles. The Morgan fingerprint density at radius 2 is 2.00 bits per heavy atom. The molecule has 1 aromatic heterocycles. The molecule has 0 radical (unpaired) electrons. The summed E-state index contributed by atoms with van der Waals surface area (Å²) in [6, 6.07) is 9.43. The Morgan fingerprint density at radius 1 is 1.33 bits per heavy atom. The monoisotopic (exact) mass is 304 g/mol. The molecule has 5 nitrogen and oxygen atoms in total. The van der Waals surface area contributed by atoms with Crippen molar-refractivity contribution in [3.05, 3.63) is 58.0 Å². The van der Waals surface area contributed by atoms with Gasteiger partial charge in [-0.3, -0.25) is 9.59 Å². The molecule has 2 aromatic rings. The van der Waals surface area contributed by atoms with Crippen LogP contribution in [0.15, 0.2) is 46.5 Å². The Kier molecular flexibility index (Phi) is 4.80. The second-order valence-electron chi connectivity index (χ2n) is 4.72. The second-order valence-corrected chi connectivity index (χ2v) is 5.67. The number of carbonyl (C=O) groups is 1. The summed E-state index contributed by atoms with van der Waals surface area (Å²) in [5, 5.41) is 9.20. The van der Waals surface area contributed by atoms with Crippen molar-refractivity contribution in [2.45, 2.75) is 25.0 Å². The topological polar surface area (TPSA) is 72.2 Å². The fourth-order valence-electron chi connectivity index (χ4n) is 1.93. The highest BCUT2D eigenvalue weighted by Crippen LogP contribution is 2.23. The van der Waals surface area contributed by atoms with E-state index in [0.29, 0.717) is 5.16 Å². The predicted molar refractivity (Wildman–Crippen MR) is 81.8 cm³/mol. The highest BCUT2D eigenvalue weighted by atomic mass is 32.2. The number of hydrogen-bond acceptors (Lipinski definition) is 4. The zero-order valence-electron chi connectivity index (χ0n) is 11.8. The van der Waals surface area contributed by atoms with Crippen LogP contribution in [0.5, 0.6) is 0 Å². The molecule has 6 heteroatoms. The van der Waals surface area contributed by atoms with Crippen LogP contribution in [0.4, 0.5) is 0 Å². The molecule has 1 N–H and O–H groups in total. The minimum Gasteiger partial charge on any atom is -0.481 e. The molecule has 0 fully saturated rings. The molecule has 0 spiro atoms. The third-order valence-electron chi connectivity index (χ3n) is 3.11. The predicted octanol–water partition coefficient (Wildman–Crippen LogP) is 2.34. The van der Waals surface area contributed by atoms with E-state index in [-0.39, 0.29) is 17.4 Å². The third kappa shape index (κ3) is 3.95. The van der Waals surface area contributed by atoms with Gasteiger partial charge in [-0.05, 0) is 19.4 Å². The SMILES string of the molecule is Cc1ccc(C(C)n2ccc(=O)nc2SCC(=O)O)cc1. The van der Waals surface area contributed by atoms with Crippen molar-refractivity contribution in [3.63, 3.8) is 0 Å². The van der Waals surface area contributed by atoms with Crippen molar-refractivity contribution in [2.75, 3.05) is 5.75 Å². The summed E-state index contributed by atoms with van der Waals surface area (Å²) < 4.78 is 1.82.